The van der Waals surface area contributed by atoms with Gasteiger partial charge >= 0.3 is 0 Å². The van der Waals surface area contributed by atoms with E-state index in [1.807, 2.05) is 38.6 Å². The number of nitrogens with zero attached hydrogens (tertiary/aromatic N) is 3. The highest BCUT2D eigenvalue weighted by Gasteiger charge is 2.32. The Hall–Kier alpha value is -1.48. The highest BCUT2D eigenvalue weighted by molar-refractivity contribution is 8.00. The molecule has 5 nitrogen and oxygen atoms in total. The molecule has 6 heteroatoms. The van der Waals surface area contributed by atoms with Crippen molar-refractivity contribution in [1.29, 1.82) is 5.26 Å². The lowest BCUT2D eigenvalue weighted by molar-refractivity contribution is -0.121. The topological polar surface area (TPSA) is 70.7 Å². The summed E-state index contributed by atoms with van der Waals surface area (Å²) in [5.41, 5.74) is -0.840. The summed E-state index contributed by atoms with van der Waals surface area (Å²) in [6.07, 6.45) is 3.53. The van der Waals surface area contributed by atoms with Gasteiger partial charge < -0.3 is 9.88 Å². The van der Waals surface area contributed by atoms with E-state index in [1.54, 1.807) is 13.1 Å². The van der Waals surface area contributed by atoms with Crippen molar-refractivity contribution in [2.24, 2.45) is 13.0 Å². The van der Waals surface area contributed by atoms with Crippen LogP contribution in [0.2, 0.25) is 0 Å². The molecule has 1 amide bonds. The van der Waals surface area contributed by atoms with Gasteiger partial charge in [0.15, 0.2) is 5.16 Å². The highest BCUT2D eigenvalue weighted by Crippen LogP contribution is 2.22. The van der Waals surface area contributed by atoms with Gasteiger partial charge in [-0.05, 0) is 19.8 Å². The molecular formula is C13H20N4OS. The molecule has 0 aliphatic heterocycles. The molecule has 0 radical (unpaired) electrons. The maximum absolute atomic E-state index is 12.1. The van der Waals surface area contributed by atoms with Crippen molar-refractivity contribution in [2.75, 3.05) is 0 Å². The standard InChI is InChI=1S/C13H20N4OS/c1-9(2)13(4,8-14)16-11(18)10(3)19-12-15-6-7-17(12)5/h6-7,9-10H,1-5H3,(H,16,18)/t10-,13-/m1/s1. The molecule has 0 aliphatic carbocycles. The van der Waals surface area contributed by atoms with E-state index in [4.69, 9.17) is 0 Å². The Kier molecular flexibility index (Phi) is 5.01. The predicted molar refractivity (Wildman–Crippen MR) is 75.5 cm³/mol. The monoisotopic (exact) mass is 280 g/mol. The van der Waals surface area contributed by atoms with Gasteiger partial charge in [-0.2, -0.15) is 5.26 Å². The quantitative estimate of drug-likeness (QED) is 0.837. The number of carbonyl (C=O) groups is 1. The van der Waals surface area contributed by atoms with Gasteiger partial charge in [0.25, 0.3) is 0 Å². The van der Waals surface area contributed by atoms with Crippen LogP contribution in [-0.4, -0.2) is 26.2 Å². The first kappa shape index (κ1) is 15.6. The average molecular weight is 280 g/mol. The first-order chi connectivity index (χ1) is 8.80. The van der Waals surface area contributed by atoms with Gasteiger partial charge in [0.1, 0.15) is 5.54 Å². The Morgan fingerprint density at radius 1 is 1.58 bits per heavy atom. The minimum absolute atomic E-state index is 0.0480. The highest BCUT2D eigenvalue weighted by atomic mass is 32.2. The molecule has 1 N–H and O–H groups in total. The van der Waals surface area contributed by atoms with Gasteiger partial charge in [0.2, 0.25) is 5.91 Å². The summed E-state index contributed by atoms with van der Waals surface area (Å²) in [7, 11) is 1.88. The Bertz CT molecular complexity index is 491. The summed E-state index contributed by atoms with van der Waals surface area (Å²) >= 11 is 1.38. The summed E-state index contributed by atoms with van der Waals surface area (Å²) in [6.45, 7) is 7.39. The lowest BCUT2D eigenvalue weighted by Crippen LogP contribution is -2.51. The van der Waals surface area contributed by atoms with Crippen molar-refractivity contribution in [1.82, 2.24) is 14.9 Å². The van der Waals surface area contributed by atoms with Crippen LogP contribution in [0, 0.1) is 17.2 Å². The van der Waals surface area contributed by atoms with Crippen LogP contribution in [0.15, 0.2) is 17.6 Å². The predicted octanol–water partition coefficient (Wildman–Crippen LogP) is 1.96. The minimum atomic E-state index is -0.840. The van der Waals surface area contributed by atoms with Crippen molar-refractivity contribution < 1.29 is 4.79 Å². The zero-order valence-electron chi connectivity index (χ0n) is 12.0. The number of aryl methyl sites for hydroxylation is 1. The second kappa shape index (κ2) is 6.11. The molecule has 1 rings (SSSR count). The fourth-order valence-electron chi connectivity index (χ4n) is 1.34. The second-order valence-electron chi connectivity index (χ2n) is 5.04. The number of nitrogens with one attached hydrogen (secondary N) is 1. The average Bonchev–Trinajstić information content (AvgIpc) is 2.74. The minimum Gasteiger partial charge on any atom is -0.337 e. The van der Waals surface area contributed by atoms with Gasteiger partial charge in [-0.25, -0.2) is 4.98 Å². The number of thioether (sulfide) groups is 1. The Balaban J connectivity index is 2.69. The molecule has 0 spiro atoms. The zero-order valence-corrected chi connectivity index (χ0v) is 12.8. The Labute approximate surface area is 118 Å². The Morgan fingerprint density at radius 3 is 2.63 bits per heavy atom. The zero-order chi connectivity index (χ0) is 14.6. The molecule has 0 bridgehead atoms. The fraction of sp³-hybridized carbons (Fsp3) is 0.615. The third-order valence-electron chi connectivity index (χ3n) is 3.20. The van der Waals surface area contributed by atoms with Crippen LogP contribution in [0.1, 0.15) is 27.7 Å². The number of imidazole rings is 1. The molecule has 2 atom stereocenters. The third kappa shape index (κ3) is 3.74. The van der Waals surface area contributed by atoms with Crippen molar-refractivity contribution in [3.05, 3.63) is 12.4 Å². The molecule has 0 saturated heterocycles. The third-order valence-corrected chi connectivity index (χ3v) is 4.37. The molecular weight excluding hydrogens is 260 g/mol. The second-order valence-corrected chi connectivity index (χ2v) is 6.35. The Morgan fingerprint density at radius 2 is 2.21 bits per heavy atom. The van der Waals surface area contributed by atoms with Crippen LogP contribution in [0.4, 0.5) is 0 Å². The van der Waals surface area contributed by atoms with Crippen LogP contribution in [0.3, 0.4) is 0 Å². The van der Waals surface area contributed by atoms with Crippen molar-refractivity contribution in [3.8, 4) is 6.07 Å². The normalized spacial score (nSPS) is 15.6. The van der Waals surface area contributed by atoms with E-state index in [9.17, 15) is 10.1 Å². The number of hydrogen-bond donors (Lipinski definition) is 1. The van der Waals surface area contributed by atoms with Crippen molar-refractivity contribution >= 4 is 17.7 Å². The van der Waals surface area contributed by atoms with Gasteiger partial charge in [-0.15, -0.1) is 0 Å². The number of nitriles is 1. The van der Waals surface area contributed by atoms with Crippen LogP contribution in [0.5, 0.6) is 0 Å². The molecule has 19 heavy (non-hydrogen) atoms. The largest absolute Gasteiger partial charge is 0.337 e. The molecule has 104 valence electrons. The smallest absolute Gasteiger partial charge is 0.234 e. The maximum Gasteiger partial charge on any atom is 0.234 e. The molecule has 0 aromatic carbocycles. The number of aromatic nitrogens is 2. The maximum atomic E-state index is 12.1. The summed E-state index contributed by atoms with van der Waals surface area (Å²) < 4.78 is 1.86. The summed E-state index contributed by atoms with van der Waals surface area (Å²) in [4.78, 5) is 16.3. The molecule has 0 unspecified atom stereocenters. The number of hydrogen-bond acceptors (Lipinski definition) is 4. The van der Waals surface area contributed by atoms with E-state index in [2.05, 4.69) is 16.4 Å². The lowest BCUT2D eigenvalue weighted by Gasteiger charge is -2.28. The van der Waals surface area contributed by atoms with Gasteiger partial charge in [-0.1, -0.05) is 25.6 Å². The van der Waals surface area contributed by atoms with E-state index < -0.39 is 5.54 Å². The van der Waals surface area contributed by atoms with Crippen LogP contribution in [0.25, 0.3) is 0 Å². The molecule has 1 aromatic rings. The number of carbonyl (C=O) groups excluding carboxylic acids is 1. The van der Waals surface area contributed by atoms with E-state index in [0.29, 0.717) is 0 Å². The first-order valence-corrected chi connectivity index (χ1v) is 7.05. The molecule has 1 aromatic heterocycles. The van der Waals surface area contributed by atoms with Gasteiger partial charge in [-0.3, -0.25) is 4.79 Å². The van der Waals surface area contributed by atoms with Crippen LogP contribution < -0.4 is 5.32 Å². The summed E-state index contributed by atoms with van der Waals surface area (Å²) in [5.74, 6) is -0.0995. The van der Waals surface area contributed by atoms with Crippen LogP contribution >= 0.6 is 11.8 Å². The van der Waals surface area contributed by atoms with E-state index >= 15 is 0 Å². The molecule has 0 fully saturated rings. The van der Waals surface area contributed by atoms with E-state index in [-0.39, 0.29) is 17.1 Å². The van der Waals surface area contributed by atoms with Crippen molar-refractivity contribution in [2.45, 2.75) is 43.6 Å². The molecule has 0 aliphatic rings. The molecule has 1 heterocycles. The van der Waals surface area contributed by atoms with Gasteiger partial charge in [0.05, 0.1) is 11.3 Å². The SMILES string of the molecule is CC(C)[C@@](C)(C#N)NC(=O)[C@@H](C)Sc1nccn1C. The van der Waals surface area contributed by atoms with E-state index in [1.165, 1.54) is 11.8 Å². The lowest BCUT2D eigenvalue weighted by atomic mass is 9.90. The summed E-state index contributed by atoms with van der Waals surface area (Å²) in [5, 5.41) is 12.5. The van der Waals surface area contributed by atoms with Gasteiger partial charge in [0, 0.05) is 19.4 Å². The summed E-state index contributed by atoms with van der Waals surface area (Å²) in [6, 6.07) is 2.17. The first-order valence-electron chi connectivity index (χ1n) is 6.17. The van der Waals surface area contributed by atoms with Crippen LogP contribution in [-0.2, 0) is 11.8 Å². The number of amides is 1. The molecule has 0 saturated carbocycles. The fourth-order valence-corrected chi connectivity index (χ4v) is 2.17. The van der Waals surface area contributed by atoms with E-state index in [0.717, 1.165) is 5.16 Å². The number of rotatable bonds is 5. The van der Waals surface area contributed by atoms with Crippen molar-refractivity contribution in [3.63, 3.8) is 0 Å².